The number of rotatable bonds is 5. The van der Waals surface area contributed by atoms with Gasteiger partial charge in [-0.25, -0.2) is 9.78 Å². The molecule has 100 valence electrons. The van der Waals surface area contributed by atoms with E-state index < -0.39 is 5.97 Å². The molecular weight excluding hydrogens is 262 g/mol. The van der Waals surface area contributed by atoms with Crippen molar-refractivity contribution < 1.29 is 9.90 Å². The second-order valence-electron chi connectivity index (χ2n) is 4.08. The number of nitrogens with one attached hydrogen (secondary N) is 1. The molecule has 2 aromatic heterocycles. The molecule has 0 aromatic carbocycles. The Labute approximate surface area is 115 Å². The predicted molar refractivity (Wildman–Crippen MR) is 76.6 cm³/mol. The van der Waals surface area contributed by atoms with E-state index in [2.05, 4.69) is 17.2 Å². The van der Waals surface area contributed by atoms with Crippen LogP contribution in [0.4, 0.5) is 11.5 Å². The van der Waals surface area contributed by atoms with E-state index in [4.69, 9.17) is 10.8 Å². The molecule has 0 saturated heterocycles. The van der Waals surface area contributed by atoms with Crippen LogP contribution in [0, 0.1) is 0 Å². The van der Waals surface area contributed by atoms with Gasteiger partial charge in [-0.2, -0.15) is 0 Å². The molecule has 0 aliphatic rings. The molecule has 0 radical (unpaired) electrons. The van der Waals surface area contributed by atoms with Crippen LogP contribution in [0.2, 0.25) is 0 Å². The van der Waals surface area contributed by atoms with Crippen molar-refractivity contribution in [3.05, 3.63) is 40.2 Å². The van der Waals surface area contributed by atoms with Crippen LogP contribution in [0.1, 0.15) is 34.6 Å². The van der Waals surface area contributed by atoms with E-state index in [9.17, 15) is 4.79 Å². The molecule has 0 amide bonds. The van der Waals surface area contributed by atoms with Gasteiger partial charge in [0.2, 0.25) is 0 Å². The number of aromatic carboxylic acids is 1. The Morgan fingerprint density at radius 1 is 1.63 bits per heavy atom. The summed E-state index contributed by atoms with van der Waals surface area (Å²) in [5.74, 6) is -0.529. The largest absolute Gasteiger partial charge is 0.478 e. The molecule has 0 saturated carbocycles. The minimum atomic E-state index is -1.05. The third-order valence-electron chi connectivity index (χ3n) is 2.78. The van der Waals surface area contributed by atoms with Crippen LogP contribution in [0.15, 0.2) is 29.8 Å². The monoisotopic (exact) mass is 277 g/mol. The number of hydrogen-bond acceptors (Lipinski definition) is 5. The fourth-order valence-corrected chi connectivity index (χ4v) is 2.63. The van der Waals surface area contributed by atoms with E-state index >= 15 is 0 Å². The van der Waals surface area contributed by atoms with Crippen molar-refractivity contribution in [2.24, 2.45) is 0 Å². The molecule has 1 atom stereocenters. The molecule has 19 heavy (non-hydrogen) atoms. The number of aromatic nitrogens is 1. The normalized spacial score (nSPS) is 12.1. The maximum Gasteiger partial charge on any atom is 0.337 e. The highest BCUT2D eigenvalue weighted by molar-refractivity contribution is 7.10. The quantitative estimate of drug-likeness (QED) is 0.782. The average molecular weight is 277 g/mol. The van der Waals surface area contributed by atoms with Crippen LogP contribution in [0.3, 0.4) is 0 Å². The van der Waals surface area contributed by atoms with Gasteiger partial charge in [0, 0.05) is 4.88 Å². The molecule has 4 N–H and O–H groups in total. The summed E-state index contributed by atoms with van der Waals surface area (Å²) in [5, 5.41) is 14.3. The molecule has 2 aromatic rings. The van der Waals surface area contributed by atoms with Gasteiger partial charge in [-0.15, -0.1) is 11.3 Å². The van der Waals surface area contributed by atoms with Crippen molar-refractivity contribution in [2.45, 2.75) is 19.4 Å². The number of carbonyl (C=O) groups is 1. The first-order chi connectivity index (χ1) is 9.11. The third kappa shape index (κ3) is 3.03. The van der Waals surface area contributed by atoms with Gasteiger partial charge in [0.15, 0.2) is 0 Å². The van der Waals surface area contributed by atoms with Gasteiger partial charge in [-0.1, -0.05) is 13.0 Å². The standard InChI is InChI=1S/C13H15N3O2S/c1-2-10(11-4-3-5-19-11)16-12-6-8(13(17)18)9(14)7-15-12/h3-7,10H,2,14H2,1H3,(H,15,16)(H,17,18). The van der Waals surface area contributed by atoms with Gasteiger partial charge in [-0.05, 0) is 23.9 Å². The van der Waals surface area contributed by atoms with Gasteiger partial charge >= 0.3 is 5.97 Å². The van der Waals surface area contributed by atoms with E-state index in [0.29, 0.717) is 5.82 Å². The molecule has 5 nitrogen and oxygen atoms in total. The van der Waals surface area contributed by atoms with E-state index in [1.807, 2.05) is 17.5 Å². The Morgan fingerprint density at radius 2 is 2.42 bits per heavy atom. The highest BCUT2D eigenvalue weighted by atomic mass is 32.1. The first-order valence-electron chi connectivity index (χ1n) is 5.90. The zero-order valence-electron chi connectivity index (χ0n) is 10.5. The molecule has 2 rings (SSSR count). The lowest BCUT2D eigenvalue weighted by molar-refractivity contribution is 0.0698. The smallest absolute Gasteiger partial charge is 0.337 e. The number of nitrogens with two attached hydrogens (primary N) is 1. The Balaban J connectivity index is 2.23. The summed E-state index contributed by atoms with van der Waals surface area (Å²) in [6.07, 6.45) is 2.25. The zero-order chi connectivity index (χ0) is 13.8. The Bertz CT molecular complexity index is 569. The maximum atomic E-state index is 11.0. The number of carboxylic acid groups (broad SMARTS) is 1. The fraction of sp³-hybridized carbons (Fsp3) is 0.231. The first kappa shape index (κ1) is 13.4. The summed E-state index contributed by atoms with van der Waals surface area (Å²) >= 11 is 1.66. The van der Waals surface area contributed by atoms with Crippen LogP contribution in [0.5, 0.6) is 0 Å². The fourth-order valence-electron chi connectivity index (χ4n) is 1.77. The highest BCUT2D eigenvalue weighted by Gasteiger charge is 2.14. The van der Waals surface area contributed by atoms with Crippen molar-refractivity contribution in [2.75, 3.05) is 11.1 Å². The predicted octanol–water partition coefficient (Wildman–Crippen LogP) is 2.99. The van der Waals surface area contributed by atoms with Crippen LogP contribution in [0.25, 0.3) is 0 Å². The van der Waals surface area contributed by atoms with E-state index in [1.54, 1.807) is 11.3 Å². The van der Waals surface area contributed by atoms with Gasteiger partial charge in [0.25, 0.3) is 0 Å². The average Bonchev–Trinajstić information content (AvgIpc) is 2.91. The van der Waals surface area contributed by atoms with E-state index in [-0.39, 0.29) is 17.3 Å². The molecule has 0 bridgehead atoms. The van der Waals surface area contributed by atoms with Crippen LogP contribution in [-0.2, 0) is 0 Å². The van der Waals surface area contributed by atoms with Gasteiger partial charge in [-0.3, -0.25) is 0 Å². The lowest BCUT2D eigenvalue weighted by atomic mass is 10.1. The molecule has 0 spiro atoms. The van der Waals surface area contributed by atoms with Crippen LogP contribution in [-0.4, -0.2) is 16.1 Å². The van der Waals surface area contributed by atoms with Crippen molar-refractivity contribution in [3.63, 3.8) is 0 Å². The lowest BCUT2D eigenvalue weighted by Gasteiger charge is -2.16. The summed E-state index contributed by atoms with van der Waals surface area (Å²) in [4.78, 5) is 16.3. The third-order valence-corrected chi connectivity index (χ3v) is 3.77. The first-order valence-corrected chi connectivity index (χ1v) is 6.78. The van der Waals surface area contributed by atoms with Crippen molar-refractivity contribution in [3.8, 4) is 0 Å². The molecule has 0 aliphatic heterocycles. The Hall–Kier alpha value is -2.08. The number of nitrogen functional groups attached to an aromatic ring is 1. The Morgan fingerprint density at radius 3 is 3.00 bits per heavy atom. The van der Waals surface area contributed by atoms with E-state index in [1.165, 1.54) is 17.1 Å². The molecule has 0 fully saturated rings. The topological polar surface area (TPSA) is 88.2 Å². The van der Waals surface area contributed by atoms with Crippen LogP contribution < -0.4 is 11.1 Å². The van der Waals surface area contributed by atoms with E-state index in [0.717, 1.165) is 6.42 Å². The lowest BCUT2D eigenvalue weighted by Crippen LogP contribution is -2.11. The Kier molecular flexibility index (Phi) is 4.01. The maximum absolute atomic E-state index is 11.0. The summed E-state index contributed by atoms with van der Waals surface area (Å²) < 4.78 is 0. The van der Waals surface area contributed by atoms with Gasteiger partial charge < -0.3 is 16.2 Å². The molecule has 2 heterocycles. The van der Waals surface area contributed by atoms with Crippen molar-refractivity contribution in [1.82, 2.24) is 4.98 Å². The number of hydrogen-bond donors (Lipinski definition) is 3. The van der Waals surface area contributed by atoms with Crippen LogP contribution >= 0.6 is 11.3 Å². The zero-order valence-corrected chi connectivity index (χ0v) is 11.3. The molecule has 1 unspecified atom stereocenters. The number of pyridine rings is 1. The summed E-state index contributed by atoms with van der Waals surface area (Å²) in [5.41, 5.74) is 5.82. The summed E-state index contributed by atoms with van der Waals surface area (Å²) in [6.45, 7) is 2.06. The van der Waals surface area contributed by atoms with Gasteiger partial charge in [0.05, 0.1) is 23.5 Å². The number of nitrogens with zero attached hydrogens (tertiary/aromatic N) is 1. The number of anilines is 2. The minimum Gasteiger partial charge on any atom is -0.478 e. The van der Waals surface area contributed by atoms with Crippen molar-refractivity contribution in [1.29, 1.82) is 0 Å². The second kappa shape index (κ2) is 5.71. The van der Waals surface area contributed by atoms with Crippen molar-refractivity contribution >= 4 is 28.8 Å². The summed E-state index contributed by atoms with van der Waals surface area (Å²) in [7, 11) is 0. The number of thiophene rings is 1. The second-order valence-corrected chi connectivity index (χ2v) is 5.06. The minimum absolute atomic E-state index is 0.0681. The highest BCUT2D eigenvalue weighted by Crippen LogP contribution is 2.26. The van der Waals surface area contributed by atoms with Gasteiger partial charge in [0.1, 0.15) is 5.82 Å². The SMILES string of the molecule is CCC(Nc1cc(C(=O)O)c(N)cn1)c1cccs1. The molecule has 6 heteroatoms. The molecular formula is C13H15N3O2S. The number of carboxylic acids is 1. The summed E-state index contributed by atoms with van der Waals surface area (Å²) in [6, 6.07) is 5.62. The molecule has 0 aliphatic carbocycles.